The van der Waals surface area contributed by atoms with Crippen LogP contribution in [0.2, 0.25) is 0 Å². The first-order chi connectivity index (χ1) is 8.72. The molecule has 0 aliphatic carbocycles. The highest BCUT2D eigenvalue weighted by atomic mass is 16.3. The molecule has 2 N–H and O–H groups in total. The number of benzene rings is 1. The van der Waals surface area contributed by atoms with Crippen LogP contribution in [0.25, 0.3) is 0 Å². The van der Waals surface area contributed by atoms with Gasteiger partial charge < -0.3 is 15.3 Å². The monoisotopic (exact) mass is 248 g/mol. The van der Waals surface area contributed by atoms with Gasteiger partial charge in [0.05, 0.1) is 12.6 Å². The van der Waals surface area contributed by atoms with Crippen LogP contribution in [0.4, 0.5) is 0 Å². The van der Waals surface area contributed by atoms with E-state index in [4.69, 9.17) is 0 Å². The van der Waals surface area contributed by atoms with Gasteiger partial charge in [-0.1, -0.05) is 30.3 Å². The summed E-state index contributed by atoms with van der Waals surface area (Å²) in [4.78, 5) is 24.5. The number of nitrogens with zero attached hydrogens (tertiary/aromatic N) is 1. The molecule has 1 aliphatic rings. The molecule has 2 amide bonds. The summed E-state index contributed by atoms with van der Waals surface area (Å²) in [5.41, 5.74) is 1.10. The zero-order chi connectivity index (χ0) is 13.0. The van der Waals surface area contributed by atoms with Gasteiger partial charge >= 0.3 is 11.8 Å². The number of hydrogen-bond donors (Lipinski definition) is 2. The molecule has 0 radical (unpaired) electrons. The van der Waals surface area contributed by atoms with Crippen molar-refractivity contribution in [2.45, 2.75) is 12.5 Å². The number of carbonyl (C=O) groups excluding carboxylic acids is 2. The predicted octanol–water partition coefficient (Wildman–Crippen LogP) is -0.452. The molecular formula is C13H16N2O3. The van der Waals surface area contributed by atoms with Crippen LogP contribution in [0.3, 0.4) is 0 Å². The van der Waals surface area contributed by atoms with Gasteiger partial charge in [-0.2, -0.15) is 0 Å². The quantitative estimate of drug-likeness (QED) is 0.709. The van der Waals surface area contributed by atoms with Gasteiger partial charge in [0.15, 0.2) is 0 Å². The number of nitrogens with one attached hydrogen (secondary N) is 1. The second-order valence-electron chi connectivity index (χ2n) is 4.28. The van der Waals surface area contributed by atoms with E-state index in [2.05, 4.69) is 5.32 Å². The first-order valence-electron chi connectivity index (χ1n) is 5.96. The van der Waals surface area contributed by atoms with Crippen LogP contribution < -0.4 is 5.32 Å². The summed E-state index contributed by atoms with van der Waals surface area (Å²) in [5.74, 6) is -1.15. The van der Waals surface area contributed by atoms with Crippen LogP contribution in [0.5, 0.6) is 0 Å². The second kappa shape index (κ2) is 5.64. The Balaban J connectivity index is 2.01. The Kier molecular flexibility index (Phi) is 3.94. The maximum Gasteiger partial charge on any atom is 0.312 e. The molecule has 1 aromatic rings. The van der Waals surface area contributed by atoms with Gasteiger partial charge in [0, 0.05) is 13.1 Å². The normalized spacial score (nSPS) is 19.8. The third kappa shape index (κ3) is 2.68. The van der Waals surface area contributed by atoms with Gasteiger partial charge in [-0.25, -0.2) is 0 Å². The van der Waals surface area contributed by atoms with Crippen molar-refractivity contribution in [3.05, 3.63) is 35.9 Å². The van der Waals surface area contributed by atoms with Crippen LogP contribution in [-0.2, 0) is 16.0 Å². The highest BCUT2D eigenvalue weighted by Gasteiger charge is 2.32. The fraction of sp³-hybridized carbons (Fsp3) is 0.385. The zero-order valence-corrected chi connectivity index (χ0v) is 10.0. The Morgan fingerprint density at radius 1 is 1.28 bits per heavy atom. The van der Waals surface area contributed by atoms with Crippen molar-refractivity contribution in [3.63, 3.8) is 0 Å². The van der Waals surface area contributed by atoms with Crippen LogP contribution >= 0.6 is 0 Å². The molecule has 96 valence electrons. The van der Waals surface area contributed by atoms with Crippen molar-refractivity contribution in [2.75, 3.05) is 19.7 Å². The van der Waals surface area contributed by atoms with E-state index in [1.807, 2.05) is 30.3 Å². The smallest absolute Gasteiger partial charge is 0.312 e. The fourth-order valence-corrected chi connectivity index (χ4v) is 2.03. The summed E-state index contributed by atoms with van der Waals surface area (Å²) in [5, 5.41) is 11.7. The molecule has 1 aromatic carbocycles. The molecule has 0 spiro atoms. The number of hydrogen-bond acceptors (Lipinski definition) is 3. The van der Waals surface area contributed by atoms with E-state index in [-0.39, 0.29) is 12.6 Å². The maximum atomic E-state index is 11.7. The molecule has 1 saturated heterocycles. The average Bonchev–Trinajstić information content (AvgIpc) is 2.41. The summed E-state index contributed by atoms with van der Waals surface area (Å²) in [6, 6.07) is 9.43. The number of carbonyl (C=O) groups is 2. The van der Waals surface area contributed by atoms with Gasteiger partial charge in [-0.3, -0.25) is 9.59 Å². The van der Waals surface area contributed by atoms with Gasteiger partial charge in [0.1, 0.15) is 0 Å². The molecule has 1 atom stereocenters. The van der Waals surface area contributed by atoms with E-state index in [9.17, 15) is 14.7 Å². The van der Waals surface area contributed by atoms with Crippen molar-refractivity contribution in [2.24, 2.45) is 0 Å². The maximum absolute atomic E-state index is 11.7. The molecule has 0 unspecified atom stereocenters. The Morgan fingerprint density at radius 3 is 2.67 bits per heavy atom. The van der Waals surface area contributed by atoms with E-state index >= 15 is 0 Å². The summed E-state index contributed by atoms with van der Waals surface area (Å²) in [6.45, 7) is 0.623. The summed E-state index contributed by atoms with van der Waals surface area (Å²) < 4.78 is 0. The molecule has 18 heavy (non-hydrogen) atoms. The number of aliphatic hydroxyl groups is 1. The third-order valence-electron chi connectivity index (χ3n) is 3.09. The van der Waals surface area contributed by atoms with Gasteiger partial charge in [0.2, 0.25) is 0 Å². The molecule has 1 fully saturated rings. The SMILES string of the molecule is O=C1NC[C@H](CO)N(CCc2ccccc2)C1=O. The zero-order valence-electron chi connectivity index (χ0n) is 10.0. The molecule has 2 rings (SSSR count). The fourth-order valence-electron chi connectivity index (χ4n) is 2.03. The molecule has 0 bridgehead atoms. The van der Waals surface area contributed by atoms with Gasteiger partial charge in [-0.05, 0) is 12.0 Å². The lowest BCUT2D eigenvalue weighted by Crippen LogP contribution is -2.59. The van der Waals surface area contributed by atoms with Crippen molar-refractivity contribution < 1.29 is 14.7 Å². The lowest BCUT2D eigenvalue weighted by molar-refractivity contribution is -0.151. The van der Waals surface area contributed by atoms with Crippen molar-refractivity contribution >= 4 is 11.8 Å². The lowest BCUT2D eigenvalue weighted by Gasteiger charge is -2.34. The van der Waals surface area contributed by atoms with Crippen molar-refractivity contribution in [1.29, 1.82) is 0 Å². The molecule has 0 aromatic heterocycles. The minimum absolute atomic E-state index is 0.138. The van der Waals surface area contributed by atoms with Crippen LogP contribution in [0.15, 0.2) is 30.3 Å². The molecule has 1 aliphatic heterocycles. The van der Waals surface area contributed by atoms with E-state index in [0.717, 1.165) is 5.56 Å². The summed E-state index contributed by atoms with van der Waals surface area (Å²) in [7, 11) is 0. The number of amides is 2. The highest BCUT2D eigenvalue weighted by Crippen LogP contribution is 2.08. The van der Waals surface area contributed by atoms with E-state index in [1.165, 1.54) is 4.90 Å². The highest BCUT2D eigenvalue weighted by molar-refractivity contribution is 6.35. The summed E-state index contributed by atoms with van der Waals surface area (Å²) in [6.07, 6.45) is 0.677. The topological polar surface area (TPSA) is 69.6 Å². The third-order valence-corrected chi connectivity index (χ3v) is 3.09. The Morgan fingerprint density at radius 2 is 2.00 bits per heavy atom. The van der Waals surface area contributed by atoms with E-state index in [0.29, 0.717) is 19.5 Å². The molecular weight excluding hydrogens is 232 g/mol. The second-order valence-corrected chi connectivity index (χ2v) is 4.28. The van der Waals surface area contributed by atoms with Crippen molar-refractivity contribution in [3.8, 4) is 0 Å². The molecule has 1 heterocycles. The Labute approximate surface area is 105 Å². The summed E-state index contributed by atoms with van der Waals surface area (Å²) >= 11 is 0. The Hall–Kier alpha value is -1.88. The van der Waals surface area contributed by atoms with Crippen LogP contribution in [0, 0.1) is 0 Å². The first kappa shape index (κ1) is 12.6. The minimum Gasteiger partial charge on any atom is -0.394 e. The number of piperazine rings is 1. The first-order valence-corrected chi connectivity index (χ1v) is 5.96. The number of aliphatic hydroxyl groups excluding tert-OH is 1. The van der Waals surface area contributed by atoms with Crippen LogP contribution in [0.1, 0.15) is 5.56 Å². The largest absolute Gasteiger partial charge is 0.394 e. The Bertz CT molecular complexity index is 433. The van der Waals surface area contributed by atoms with E-state index in [1.54, 1.807) is 0 Å². The molecule has 5 nitrogen and oxygen atoms in total. The molecule has 5 heteroatoms. The lowest BCUT2D eigenvalue weighted by atomic mass is 10.1. The van der Waals surface area contributed by atoms with Crippen LogP contribution in [-0.4, -0.2) is 47.6 Å². The van der Waals surface area contributed by atoms with Crippen molar-refractivity contribution in [1.82, 2.24) is 10.2 Å². The van der Waals surface area contributed by atoms with Gasteiger partial charge in [-0.15, -0.1) is 0 Å². The minimum atomic E-state index is -0.590. The predicted molar refractivity (Wildman–Crippen MR) is 65.7 cm³/mol. The molecule has 0 saturated carbocycles. The standard InChI is InChI=1S/C13H16N2O3/c16-9-11-8-14-12(17)13(18)15(11)7-6-10-4-2-1-3-5-10/h1-5,11,16H,6-9H2,(H,14,17)/t11-/m1/s1. The van der Waals surface area contributed by atoms with Gasteiger partial charge in [0.25, 0.3) is 0 Å². The average molecular weight is 248 g/mol. The van der Waals surface area contributed by atoms with E-state index < -0.39 is 11.8 Å². The number of rotatable bonds is 4.